The molecular weight excluding hydrogens is 400 g/mol. The van der Waals surface area contributed by atoms with E-state index in [1.165, 1.54) is 89.9 Å². The molecule has 0 aliphatic rings. The van der Waals surface area contributed by atoms with Gasteiger partial charge in [0.05, 0.1) is 11.8 Å². The van der Waals surface area contributed by atoms with Gasteiger partial charge in [-0.2, -0.15) is 0 Å². The highest BCUT2D eigenvalue weighted by Crippen LogP contribution is 2.26. The third-order valence-electron chi connectivity index (χ3n) is 6.86. The molecule has 0 aromatic rings. The Kier molecular flexibility index (Phi) is 22.3. The molecule has 2 N–H and O–H groups in total. The predicted molar refractivity (Wildman–Crippen MR) is 135 cm³/mol. The van der Waals surface area contributed by atoms with E-state index >= 15 is 0 Å². The molecule has 0 saturated heterocycles. The van der Waals surface area contributed by atoms with Crippen LogP contribution in [-0.2, 0) is 9.59 Å². The molecule has 0 aliphatic carbocycles. The fraction of sp³-hybridized carbons (Fsp3) is 0.929. The van der Waals surface area contributed by atoms with Crippen molar-refractivity contribution in [2.24, 2.45) is 11.8 Å². The number of carboxylic acids is 2. The minimum Gasteiger partial charge on any atom is -0.481 e. The summed E-state index contributed by atoms with van der Waals surface area (Å²) in [5.74, 6) is -3.33. The van der Waals surface area contributed by atoms with Crippen LogP contribution in [-0.4, -0.2) is 22.2 Å². The van der Waals surface area contributed by atoms with Crippen LogP contribution in [0.3, 0.4) is 0 Å². The SMILES string of the molecule is CCCCCCCCCCCCCCC(C(=O)O)C(CCCCCCCCCC)C(=O)O. The van der Waals surface area contributed by atoms with Crippen molar-refractivity contribution < 1.29 is 19.8 Å². The normalized spacial score (nSPS) is 13.2. The molecule has 4 nitrogen and oxygen atoms in total. The third kappa shape index (κ3) is 18.5. The van der Waals surface area contributed by atoms with Gasteiger partial charge in [0.2, 0.25) is 0 Å². The summed E-state index contributed by atoms with van der Waals surface area (Å²) >= 11 is 0. The van der Waals surface area contributed by atoms with Gasteiger partial charge in [-0.25, -0.2) is 0 Å². The summed E-state index contributed by atoms with van der Waals surface area (Å²) in [4.78, 5) is 23.5. The standard InChI is InChI=1S/C28H54O4/c1-3-5-7-9-11-13-14-15-16-18-20-22-24-26(28(31)32)25(27(29)30)23-21-19-17-12-10-8-6-4-2/h25-26H,3-24H2,1-2H3,(H,29,30)(H,31,32). The molecule has 4 heteroatoms. The van der Waals surface area contributed by atoms with Gasteiger partial charge < -0.3 is 10.2 Å². The first-order valence-corrected chi connectivity index (χ1v) is 14.0. The molecule has 32 heavy (non-hydrogen) atoms. The fourth-order valence-electron chi connectivity index (χ4n) is 4.70. The monoisotopic (exact) mass is 454 g/mol. The molecule has 0 fully saturated rings. The van der Waals surface area contributed by atoms with Crippen molar-refractivity contribution in [3.63, 3.8) is 0 Å². The van der Waals surface area contributed by atoms with Crippen LogP contribution in [0.25, 0.3) is 0 Å². The Morgan fingerprint density at radius 1 is 0.438 bits per heavy atom. The van der Waals surface area contributed by atoms with Crippen LogP contribution in [0.1, 0.15) is 155 Å². The second-order valence-corrected chi connectivity index (χ2v) is 9.83. The number of hydrogen-bond donors (Lipinski definition) is 2. The largest absolute Gasteiger partial charge is 0.481 e. The summed E-state index contributed by atoms with van der Waals surface area (Å²) < 4.78 is 0. The molecule has 0 bridgehead atoms. The van der Waals surface area contributed by atoms with Crippen molar-refractivity contribution in [2.75, 3.05) is 0 Å². The number of carbonyl (C=O) groups is 2. The Morgan fingerprint density at radius 2 is 0.656 bits per heavy atom. The average molecular weight is 455 g/mol. The Balaban J connectivity index is 3.94. The van der Waals surface area contributed by atoms with Crippen LogP contribution in [0.5, 0.6) is 0 Å². The summed E-state index contributed by atoms with van der Waals surface area (Å²) in [6.45, 7) is 4.46. The highest BCUT2D eigenvalue weighted by Gasteiger charge is 2.32. The molecule has 0 aromatic carbocycles. The second kappa shape index (κ2) is 23.1. The molecule has 0 saturated carbocycles. The maximum atomic E-state index is 11.8. The lowest BCUT2D eigenvalue weighted by Gasteiger charge is -2.20. The Bertz CT molecular complexity index is 435. The van der Waals surface area contributed by atoms with Crippen molar-refractivity contribution in [1.29, 1.82) is 0 Å². The minimum absolute atomic E-state index is 0.500. The molecule has 0 rings (SSSR count). The van der Waals surface area contributed by atoms with Crippen LogP contribution in [0.4, 0.5) is 0 Å². The van der Waals surface area contributed by atoms with Gasteiger partial charge >= 0.3 is 11.9 Å². The Hall–Kier alpha value is -1.06. The molecule has 0 amide bonds. The molecule has 190 valence electrons. The van der Waals surface area contributed by atoms with E-state index in [0.29, 0.717) is 12.8 Å². The molecule has 2 unspecified atom stereocenters. The van der Waals surface area contributed by atoms with Crippen molar-refractivity contribution in [1.82, 2.24) is 0 Å². The van der Waals surface area contributed by atoms with E-state index in [4.69, 9.17) is 0 Å². The molecule has 2 atom stereocenters. The van der Waals surface area contributed by atoms with Gasteiger partial charge in [-0.3, -0.25) is 9.59 Å². The zero-order chi connectivity index (χ0) is 23.9. The summed E-state index contributed by atoms with van der Waals surface area (Å²) in [5.41, 5.74) is 0. The van der Waals surface area contributed by atoms with Crippen molar-refractivity contribution >= 4 is 11.9 Å². The topological polar surface area (TPSA) is 74.6 Å². The smallest absolute Gasteiger partial charge is 0.307 e. The number of aliphatic carboxylic acids is 2. The van der Waals surface area contributed by atoms with Crippen LogP contribution < -0.4 is 0 Å². The van der Waals surface area contributed by atoms with E-state index in [9.17, 15) is 19.8 Å². The number of hydrogen-bond acceptors (Lipinski definition) is 2. The second-order valence-electron chi connectivity index (χ2n) is 9.83. The summed E-state index contributed by atoms with van der Waals surface area (Å²) in [6, 6.07) is 0. The third-order valence-corrected chi connectivity index (χ3v) is 6.86. The summed E-state index contributed by atoms with van der Waals surface area (Å²) in [5, 5.41) is 19.2. The van der Waals surface area contributed by atoms with E-state index in [0.717, 1.165) is 38.5 Å². The van der Waals surface area contributed by atoms with Gasteiger partial charge in [0.1, 0.15) is 0 Å². The number of carboxylic acid groups (broad SMARTS) is 2. The lowest BCUT2D eigenvalue weighted by atomic mass is 9.84. The Morgan fingerprint density at radius 3 is 0.875 bits per heavy atom. The summed E-state index contributed by atoms with van der Waals surface area (Å²) in [7, 11) is 0. The van der Waals surface area contributed by atoms with Crippen LogP contribution in [0.15, 0.2) is 0 Å². The molecule has 0 spiro atoms. The lowest BCUT2D eigenvalue weighted by molar-refractivity contribution is -0.154. The fourth-order valence-corrected chi connectivity index (χ4v) is 4.70. The van der Waals surface area contributed by atoms with Gasteiger partial charge in [0, 0.05) is 0 Å². The maximum Gasteiger partial charge on any atom is 0.307 e. The number of rotatable bonds is 25. The first-order chi connectivity index (χ1) is 15.5. The molecule has 0 radical (unpaired) electrons. The first kappa shape index (κ1) is 30.9. The van der Waals surface area contributed by atoms with Crippen LogP contribution in [0.2, 0.25) is 0 Å². The highest BCUT2D eigenvalue weighted by atomic mass is 16.4. The first-order valence-electron chi connectivity index (χ1n) is 14.0. The van der Waals surface area contributed by atoms with Gasteiger partial charge in [-0.15, -0.1) is 0 Å². The van der Waals surface area contributed by atoms with Crippen molar-refractivity contribution in [3.8, 4) is 0 Å². The van der Waals surface area contributed by atoms with Crippen molar-refractivity contribution in [3.05, 3.63) is 0 Å². The quantitative estimate of drug-likeness (QED) is 0.135. The average Bonchev–Trinajstić information content (AvgIpc) is 2.76. The predicted octanol–water partition coefficient (Wildman–Crippen LogP) is 9.01. The summed E-state index contributed by atoms with van der Waals surface area (Å²) in [6.07, 6.45) is 25.1. The van der Waals surface area contributed by atoms with E-state index < -0.39 is 23.8 Å². The zero-order valence-electron chi connectivity index (χ0n) is 21.4. The van der Waals surface area contributed by atoms with Gasteiger partial charge in [-0.05, 0) is 12.8 Å². The van der Waals surface area contributed by atoms with Crippen LogP contribution >= 0.6 is 0 Å². The van der Waals surface area contributed by atoms with E-state index in [1.807, 2.05) is 0 Å². The Labute approximate surface area is 199 Å². The highest BCUT2D eigenvalue weighted by molar-refractivity contribution is 5.79. The maximum absolute atomic E-state index is 11.8. The number of unbranched alkanes of at least 4 members (excludes halogenated alkanes) is 18. The van der Waals surface area contributed by atoms with Gasteiger partial charge in [0.15, 0.2) is 0 Å². The molecule has 0 heterocycles. The zero-order valence-corrected chi connectivity index (χ0v) is 21.4. The van der Waals surface area contributed by atoms with Crippen molar-refractivity contribution in [2.45, 2.75) is 155 Å². The minimum atomic E-state index is -0.931. The lowest BCUT2D eigenvalue weighted by Crippen LogP contribution is -2.30. The van der Waals surface area contributed by atoms with E-state index in [-0.39, 0.29) is 0 Å². The van der Waals surface area contributed by atoms with E-state index in [1.54, 1.807) is 0 Å². The van der Waals surface area contributed by atoms with Gasteiger partial charge in [0.25, 0.3) is 0 Å². The molecule has 0 aromatic heterocycles. The van der Waals surface area contributed by atoms with Crippen LogP contribution in [0, 0.1) is 11.8 Å². The van der Waals surface area contributed by atoms with E-state index in [2.05, 4.69) is 13.8 Å². The van der Waals surface area contributed by atoms with Gasteiger partial charge in [-0.1, -0.05) is 142 Å². The molecular formula is C28H54O4. The molecule has 0 aliphatic heterocycles.